The molecule has 0 spiro atoms. The Morgan fingerprint density at radius 3 is 2.81 bits per heavy atom. The van der Waals surface area contributed by atoms with Gasteiger partial charge in [-0.2, -0.15) is 4.68 Å². The molecule has 1 aromatic heterocycles. The van der Waals surface area contributed by atoms with Gasteiger partial charge >= 0.3 is 0 Å². The average Bonchev–Trinajstić information content (AvgIpc) is 2.96. The van der Waals surface area contributed by atoms with E-state index >= 15 is 0 Å². The molecule has 2 aromatic carbocycles. The third-order valence-electron chi connectivity index (χ3n) is 2.95. The number of tetrazole rings is 1. The number of aromatic nitrogens is 4. The number of benzene rings is 2. The van der Waals surface area contributed by atoms with Crippen molar-refractivity contribution in [3.05, 3.63) is 47.5 Å². The van der Waals surface area contributed by atoms with Gasteiger partial charge in [0.15, 0.2) is 5.82 Å². The van der Waals surface area contributed by atoms with Crippen molar-refractivity contribution in [2.24, 2.45) is 0 Å². The SMILES string of the molecule is COc1cccc(-n2nnnc2-c2cc(N)cc(Cl)c2)c1. The molecule has 0 amide bonds. The first kappa shape index (κ1) is 13.4. The lowest BCUT2D eigenvalue weighted by Gasteiger charge is -2.07. The summed E-state index contributed by atoms with van der Waals surface area (Å²) in [6.45, 7) is 0. The van der Waals surface area contributed by atoms with Crippen LogP contribution in [0.4, 0.5) is 5.69 Å². The van der Waals surface area contributed by atoms with Crippen molar-refractivity contribution in [2.75, 3.05) is 12.8 Å². The predicted molar refractivity (Wildman–Crippen MR) is 80.6 cm³/mol. The number of anilines is 1. The van der Waals surface area contributed by atoms with Gasteiger partial charge in [-0.1, -0.05) is 17.7 Å². The Morgan fingerprint density at radius 1 is 1.19 bits per heavy atom. The molecule has 1 heterocycles. The van der Waals surface area contributed by atoms with Gasteiger partial charge < -0.3 is 10.5 Å². The second-order valence-corrected chi connectivity index (χ2v) is 4.83. The minimum atomic E-state index is 0.533. The first-order valence-corrected chi connectivity index (χ1v) is 6.54. The van der Waals surface area contributed by atoms with Crippen LogP contribution < -0.4 is 10.5 Å². The molecule has 0 aliphatic carbocycles. The monoisotopic (exact) mass is 301 g/mol. The number of nitrogens with zero attached hydrogens (tertiary/aromatic N) is 4. The highest BCUT2D eigenvalue weighted by atomic mass is 35.5. The van der Waals surface area contributed by atoms with Gasteiger partial charge in [0, 0.05) is 22.3 Å². The maximum absolute atomic E-state index is 6.04. The Balaban J connectivity index is 2.12. The van der Waals surface area contributed by atoms with Crippen LogP contribution in [0.5, 0.6) is 5.75 Å². The van der Waals surface area contributed by atoms with Gasteiger partial charge in [-0.3, -0.25) is 0 Å². The van der Waals surface area contributed by atoms with Crippen molar-refractivity contribution >= 4 is 17.3 Å². The lowest BCUT2D eigenvalue weighted by molar-refractivity contribution is 0.414. The van der Waals surface area contributed by atoms with Crippen LogP contribution in [0.15, 0.2) is 42.5 Å². The average molecular weight is 302 g/mol. The van der Waals surface area contributed by atoms with Crippen molar-refractivity contribution in [3.8, 4) is 22.8 Å². The summed E-state index contributed by atoms with van der Waals surface area (Å²) in [5, 5.41) is 12.3. The first-order chi connectivity index (χ1) is 10.2. The van der Waals surface area contributed by atoms with Gasteiger partial charge in [0.2, 0.25) is 0 Å². The standard InChI is InChI=1S/C14H12ClN5O/c1-21-13-4-2-3-12(8-13)20-14(17-18-19-20)9-5-10(15)7-11(16)6-9/h2-8H,16H2,1H3. The Morgan fingerprint density at radius 2 is 2.05 bits per heavy atom. The Bertz CT molecular complexity index is 766. The normalized spacial score (nSPS) is 10.6. The minimum Gasteiger partial charge on any atom is -0.497 e. The summed E-state index contributed by atoms with van der Waals surface area (Å²) in [5.74, 6) is 1.28. The molecule has 0 fully saturated rings. The number of ether oxygens (including phenoxy) is 1. The van der Waals surface area contributed by atoms with Crippen molar-refractivity contribution in [1.29, 1.82) is 0 Å². The summed E-state index contributed by atoms with van der Waals surface area (Å²) < 4.78 is 6.82. The lowest BCUT2D eigenvalue weighted by Crippen LogP contribution is -2.00. The summed E-state index contributed by atoms with van der Waals surface area (Å²) >= 11 is 6.04. The van der Waals surface area contributed by atoms with Gasteiger partial charge in [0.1, 0.15) is 5.75 Å². The van der Waals surface area contributed by atoms with Gasteiger partial charge in [0.25, 0.3) is 0 Å². The van der Waals surface area contributed by atoms with Crippen LogP contribution in [0.25, 0.3) is 17.1 Å². The highest BCUT2D eigenvalue weighted by Gasteiger charge is 2.12. The van der Waals surface area contributed by atoms with Crippen LogP contribution in [0.2, 0.25) is 5.02 Å². The lowest BCUT2D eigenvalue weighted by atomic mass is 10.2. The predicted octanol–water partition coefficient (Wildman–Crippen LogP) is 2.57. The summed E-state index contributed by atoms with van der Waals surface area (Å²) in [7, 11) is 1.61. The quantitative estimate of drug-likeness (QED) is 0.752. The summed E-state index contributed by atoms with van der Waals surface area (Å²) in [4.78, 5) is 0. The zero-order valence-electron chi connectivity index (χ0n) is 11.2. The van der Waals surface area contributed by atoms with Crippen LogP contribution in [0, 0.1) is 0 Å². The molecule has 106 valence electrons. The van der Waals surface area contributed by atoms with E-state index in [0.29, 0.717) is 16.5 Å². The third-order valence-corrected chi connectivity index (χ3v) is 3.16. The van der Waals surface area contributed by atoms with Crippen LogP contribution >= 0.6 is 11.6 Å². The van der Waals surface area contributed by atoms with Crippen LogP contribution in [-0.4, -0.2) is 27.3 Å². The molecule has 0 saturated heterocycles. The molecule has 0 saturated carbocycles. The topological polar surface area (TPSA) is 78.8 Å². The van der Waals surface area contributed by atoms with E-state index in [0.717, 1.165) is 17.0 Å². The Labute approximate surface area is 126 Å². The fraction of sp³-hybridized carbons (Fsp3) is 0.0714. The molecule has 21 heavy (non-hydrogen) atoms. The largest absolute Gasteiger partial charge is 0.497 e. The summed E-state index contributed by atoms with van der Waals surface area (Å²) in [6.07, 6.45) is 0. The molecule has 3 aromatic rings. The number of rotatable bonds is 3. The van der Waals surface area contributed by atoms with E-state index in [1.807, 2.05) is 24.3 Å². The van der Waals surface area contributed by atoms with Crippen LogP contribution in [0.3, 0.4) is 0 Å². The van der Waals surface area contributed by atoms with Crippen molar-refractivity contribution in [1.82, 2.24) is 20.2 Å². The summed E-state index contributed by atoms with van der Waals surface area (Å²) in [6, 6.07) is 12.7. The molecule has 0 bridgehead atoms. The highest BCUT2D eigenvalue weighted by Crippen LogP contribution is 2.26. The Hall–Kier alpha value is -2.60. The molecule has 6 nitrogen and oxygen atoms in total. The second kappa shape index (κ2) is 5.41. The molecule has 0 aliphatic heterocycles. The zero-order chi connectivity index (χ0) is 14.8. The number of halogens is 1. The zero-order valence-corrected chi connectivity index (χ0v) is 11.9. The molecule has 3 rings (SSSR count). The van der Waals surface area contributed by atoms with E-state index in [2.05, 4.69) is 15.5 Å². The molecule has 2 N–H and O–H groups in total. The van der Waals surface area contributed by atoms with E-state index < -0.39 is 0 Å². The van der Waals surface area contributed by atoms with Gasteiger partial charge in [-0.05, 0) is 40.8 Å². The maximum Gasteiger partial charge on any atom is 0.187 e. The number of hydrogen-bond acceptors (Lipinski definition) is 5. The fourth-order valence-corrected chi connectivity index (χ4v) is 2.27. The van der Waals surface area contributed by atoms with Gasteiger partial charge in [-0.25, -0.2) is 0 Å². The number of nitrogens with two attached hydrogens (primary N) is 1. The number of nitrogen functional groups attached to an aromatic ring is 1. The molecule has 0 radical (unpaired) electrons. The molecule has 0 atom stereocenters. The third kappa shape index (κ3) is 2.66. The van der Waals surface area contributed by atoms with E-state index in [9.17, 15) is 0 Å². The van der Waals surface area contributed by atoms with E-state index in [1.54, 1.807) is 30.0 Å². The van der Waals surface area contributed by atoms with E-state index in [1.165, 1.54) is 0 Å². The molecular formula is C14H12ClN5O. The maximum atomic E-state index is 6.04. The van der Waals surface area contributed by atoms with Crippen LogP contribution in [-0.2, 0) is 0 Å². The summed E-state index contributed by atoms with van der Waals surface area (Å²) in [5.41, 5.74) is 7.90. The molecule has 7 heteroatoms. The van der Waals surface area contributed by atoms with E-state index in [4.69, 9.17) is 22.1 Å². The van der Waals surface area contributed by atoms with Crippen LogP contribution in [0.1, 0.15) is 0 Å². The molecule has 0 aliphatic rings. The van der Waals surface area contributed by atoms with E-state index in [-0.39, 0.29) is 0 Å². The van der Waals surface area contributed by atoms with Gasteiger partial charge in [-0.15, -0.1) is 5.10 Å². The molecule has 0 unspecified atom stereocenters. The minimum absolute atomic E-state index is 0.533. The van der Waals surface area contributed by atoms with Crippen molar-refractivity contribution in [2.45, 2.75) is 0 Å². The second-order valence-electron chi connectivity index (χ2n) is 4.39. The molecular weight excluding hydrogens is 290 g/mol. The number of methoxy groups -OCH3 is 1. The highest BCUT2D eigenvalue weighted by molar-refractivity contribution is 6.31. The first-order valence-electron chi connectivity index (χ1n) is 6.16. The van der Waals surface area contributed by atoms with Gasteiger partial charge in [0.05, 0.1) is 12.8 Å². The Kier molecular flexibility index (Phi) is 3.45. The smallest absolute Gasteiger partial charge is 0.187 e. The van der Waals surface area contributed by atoms with Crippen molar-refractivity contribution < 1.29 is 4.74 Å². The number of hydrogen-bond donors (Lipinski definition) is 1. The fourth-order valence-electron chi connectivity index (χ4n) is 2.02. The van der Waals surface area contributed by atoms with Crippen molar-refractivity contribution in [3.63, 3.8) is 0 Å².